The van der Waals surface area contributed by atoms with Gasteiger partial charge in [-0.15, -0.1) is 11.3 Å². The molecule has 0 unspecified atom stereocenters. The van der Waals surface area contributed by atoms with Gasteiger partial charge in [0.25, 0.3) is 11.6 Å². The lowest BCUT2D eigenvalue weighted by molar-refractivity contribution is -0.384. The Hall–Kier alpha value is -4.05. The topological polar surface area (TPSA) is 111 Å². The summed E-state index contributed by atoms with van der Waals surface area (Å²) in [6.07, 6.45) is 3.40. The molecule has 4 aromatic rings. The molecule has 150 valence electrons. The smallest absolute Gasteiger partial charge is 0.271 e. The number of nitrogens with zero attached hydrogens (tertiary/aromatic N) is 4. The number of nitrogens with one attached hydrogen (secondary N) is 1. The van der Waals surface area contributed by atoms with Crippen molar-refractivity contribution in [2.45, 2.75) is 0 Å². The molecule has 2 aromatic heterocycles. The van der Waals surface area contributed by atoms with Crippen LogP contribution < -0.4 is 10.2 Å². The monoisotopic (exact) mass is 421 g/mol. The fraction of sp³-hybridized carbons (Fsp3) is 0.0500. The number of hydrogen-bond acceptors (Lipinski definition) is 7. The quantitative estimate of drug-likeness (QED) is 0.290. The molecule has 10 heteroatoms. The first kappa shape index (κ1) is 19.3. The number of ether oxygens (including phenoxy) is 1. The fourth-order valence-corrected chi connectivity index (χ4v) is 3.56. The van der Waals surface area contributed by atoms with E-state index < -0.39 is 10.8 Å². The Morgan fingerprint density at radius 3 is 2.63 bits per heavy atom. The normalized spacial score (nSPS) is 11.1. The number of aromatic nitrogens is 2. The molecule has 0 bridgehead atoms. The van der Waals surface area contributed by atoms with Crippen LogP contribution in [0.5, 0.6) is 5.75 Å². The van der Waals surface area contributed by atoms with Crippen LogP contribution in [0.3, 0.4) is 0 Å². The lowest BCUT2D eigenvalue weighted by atomic mass is 10.1. The van der Waals surface area contributed by atoms with Crippen molar-refractivity contribution in [2.24, 2.45) is 5.10 Å². The van der Waals surface area contributed by atoms with Gasteiger partial charge < -0.3 is 4.74 Å². The van der Waals surface area contributed by atoms with Gasteiger partial charge in [0.2, 0.25) is 0 Å². The van der Waals surface area contributed by atoms with Gasteiger partial charge in [-0.2, -0.15) is 5.10 Å². The molecule has 30 heavy (non-hydrogen) atoms. The third kappa shape index (κ3) is 3.76. The summed E-state index contributed by atoms with van der Waals surface area (Å²) in [4.78, 5) is 27.9. The molecular weight excluding hydrogens is 406 g/mol. The Morgan fingerprint density at radius 1 is 1.23 bits per heavy atom. The van der Waals surface area contributed by atoms with E-state index in [1.807, 2.05) is 40.2 Å². The van der Waals surface area contributed by atoms with Gasteiger partial charge in [-0.05, 0) is 36.4 Å². The number of hydrazone groups is 1. The van der Waals surface area contributed by atoms with Crippen molar-refractivity contribution in [3.05, 3.63) is 81.5 Å². The third-order valence-corrected chi connectivity index (χ3v) is 5.11. The lowest BCUT2D eigenvalue weighted by Gasteiger charge is -2.03. The number of nitro benzene ring substituents is 1. The number of amides is 1. The van der Waals surface area contributed by atoms with E-state index in [1.165, 1.54) is 41.8 Å². The molecule has 0 aliphatic carbocycles. The Balaban J connectivity index is 1.58. The van der Waals surface area contributed by atoms with Crippen LogP contribution in [0.2, 0.25) is 0 Å². The molecule has 0 aliphatic heterocycles. The highest BCUT2D eigenvalue weighted by atomic mass is 32.1. The zero-order valence-electron chi connectivity index (χ0n) is 15.7. The van der Waals surface area contributed by atoms with Gasteiger partial charge in [0.1, 0.15) is 5.75 Å². The van der Waals surface area contributed by atoms with Gasteiger partial charge >= 0.3 is 0 Å². The van der Waals surface area contributed by atoms with E-state index in [9.17, 15) is 14.9 Å². The second-order valence-corrected chi connectivity index (χ2v) is 7.01. The minimum absolute atomic E-state index is 0.0849. The number of methoxy groups -OCH3 is 1. The van der Waals surface area contributed by atoms with E-state index in [0.717, 1.165) is 22.0 Å². The summed E-state index contributed by atoms with van der Waals surface area (Å²) in [5, 5.41) is 16.7. The lowest BCUT2D eigenvalue weighted by Crippen LogP contribution is -2.17. The number of fused-ring (bicyclic) bond motifs is 1. The molecule has 0 radical (unpaired) electrons. The van der Waals surface area contributed by atoms with E-state index in [0.29, 0.717) is 5.69 Å². The largest absolute Gasteiger partial charge is 0.497 e. The number of hydrogen-bond donors (Lipinski definition) is 1. The van der Waals surface area contributed by atoms with E-state index in [4.69, 9.17) is 4.74 Å². The molecule has 0 aliphatic rings. The first-order chi connectivity index (χ1) is 14.6. The van der Waals surface area contributed by atoms with Crippen LogP contribution >= 0.6 is 11.3 Å². The zero-order valence-corrected chi connectivity index (χ0v) is 16.5. The van der Waals surface area contributed by atoms with Gasteiger partial charge in [-0.3, -0.25) is 19.3 Å². The average Bonchev–Trinajstić information content (AvgIpc) is 3.36. The second kappa shape index (κ2) is 8.13. The van der Waals surface area contributed by atoms with Crippen molar-refractivity contribution >= 4 is 34.1 Å². The maximum Gasteiger partial charge on any atom is 0.271 e. The number of carbonyl (C=O) groups excluding carboxylic acids is 1. The van der Waals surface area contributed by atoms with Gasteiger partial charge in [0, 0.05) is 34.8 Å². The summed E-state index contributed by atoms with van der Waals surface area (Å²) >= 11 is 1.49. The van der Waals surface area contributed by atoms with Gasteiger partial charge in [0.05, 0.1) is 29.6 Å². The highest BCUT2D eigenvalue weighted by molar-refractivity contribution is 7.15. The molecule has 1 N–H and O–H groups in total. The number of benzene rings is 2. The van der Waals surface area contributed by atoms with E-state index in [1.54, 1.807) is 7.11 Å². The molecule has 0 atom stereocenters. The molecule has 2 heterocycles. The first-order valence-electron chi connectivity index (χ1n) is 8.74. The molecule has 0 saturated carbocycles. The fourth-order valence-electron chi connectivity index (χ4n) is 2.84. The minimum atomic E-state index is -0.522. The predicted octanol–water partition coefficient (Wildman–Crippen LogP) is 3.74. The van der Waals surface area contributed by atoms with Gasteiger partial charge in [-0.1, -0.05) is 0 Å². The maximum absolute atomic E-state index is 12.3. The highest BCUT2D eigenvalue weighted by Gasteiger charge is 2.14. The van der Waals surface area contributed by atoms with Crippen LogP contribution in [0.4, 0.5) is 5.69 Å². The molecule has 0 spiro atoms. The van der Waals surface area contributed by atoms with Gasteiger partial charge in [-0.25, -0.2) is 10.4 Å². The van der Waals surface area contributed by atoms with Crippen LogP contribution in [0.1, 0.15) is 16.1 Å². The number of rotatable bonds is 6. The molecule has 9 nitrogen and oxygen atoms in total. The van der Waals surface area contributed by atoms with Crippen molar-refractivity contribution in [1.29, 1.82) is 0 Å². The van der Waals surface area contributed by atoms with Crippen LogP contribution in [-0.4, -0.2) is 33.5 Å². The Kier molecular flexibility index (Phi) is 5.22. The highest BCUT2D eigenvalue weighted by Crippen LogP contribution is 2.27. The third-order valence-electron chi connectivity index (χ3n) is 4.36. The summed E-state index contributed by atoms with van der Waals surface area (Å²) < 4.78 is 7.08. The van der Waals surface area contributed by atoms with Crippen molar-refractivity contribution in [3.8, 4) is 17.0 Å². The van der Waals surface area contributed by atoms with Gasteiger partial charge in [0.15, 0.2) is 4.96 Å². The molecule has 4 rings (SSSR count). The zero-order chi connectivity index (χ0) is 21.1. The molecule has 0 fully saturated rings. The van der Waals surface area contributed by atoms with Crippen molar-refractivity contribution in [2.75, 3.05) is 7.11 Å². The van der Waals surface area contributed by atoms with Crippen LogP contribution in [-0.2, 0) is 0 Å². The maximum atomic E-state index is 12.3. The summed E-state index contributed by atoms with van der Waals surface area (Å²) in [7, 11) is 1.60. The van der Waals surface area contributed by atoms with Crippen LogP contribution in [0, 0.1) is 10.1 Å². The molecule has 0 saturated heterocycles. The summed E-state index contributed by atoms with van der Waals surface area (Å²) in [6.45, 7) is 0. The van der Waals surface area contributed by atoms with Crippen LogP contribution in [0.25, 0.3) is 16.2 Å². The average molecular weight is 421 g/mol. The van der Waals surface area contributed by atoms with Crippen LogP contribution in [0.15, 0.2) is 65.2 Å². The minimum Gasteiger partial charge on any atom is -0.497 e. The number of carbonyl (C=O) groups is 1. The predicted molar refractivity (Wildman–Crippen MR) is 113 cm³/mol. The standard InChI is InChI=1S/C20H15N5O4S/c1-29-16-8-4-13(5-9-16)18-17(24-10-11-30-20(24)22-18)12-21-23-19(26)14-2-6-15(7-3-14)25(27)28/h2-12H,1H3,(H,23,26)/b21-12+. The molecule has 1 amide bonds. The van der Waals surface area contributed by atoms with E-state index in [-0.39, 0.29) is 11.3 Å². The Morgan fingerprint density at radius 2 is 1.97 bits per heavy atom. The van der Waals surface area contributed by atoms with E-state index >= 15 is 0 Å². The number of imidazole rings is 1. The number of nitro groups is 1. The molecule has 2 aromatic carbocycles. The molecular formula is C20H15N5O4S. The first-order valence-corrected chi connectivity index (χ1v) is 9.62. The SMILES string of the molecule is COc1ccc(-c2nc3sccn3c2/C=N/NC(=O)c2ccc([N+](=O)[O-])cc2)cc1. The Labute approximate surface area is 174 Å². The second-order valence-electron chi connectivity index (χ2n) is 6.13. The number of thiazole rings is 1. The summed E-state index contributed by atoms with van der Waals surface area (Å²) in [5.74, 6) is 0.267. The summed E-state index contributed by atoms with van der Waals surface area (Å²) in [6, 6.07) is 12.8. The van der Waals surface area contributed by atoms with Crippen molar-refractivity contribution < 1.29 is 14.5 Å². The van der Waals surface area contributed by atoms with Crippen molar-refractivity contribution in [1.82, 2.24) is 14.8 Å². The van der Waals surface area contributed by atoms with Crippen molar-refractivity contribution in [3.63, 3.8) is 0 Å². The summed E-state index contributed by atoms with van der Waals surface area (Å²) in [5.41, 5.74) is 4.94. The van der Waals surface area contributed by atoms with E-state index in [2.05, 4.69) is 15.5 Å². The Bertz CT molecular complexity index is 1240. The number of non-ortho nitro benzene ring substituents is 1.